The Hall–Kier alpha value is -6.65. The molecule has 7 aromatic rings. The molecule has 5 N–H and O–H groups in total. The van der Waals surface area contributed by atoms with Gasteiger partial charge >= 0.3 is 0 Å². The molecule has 3 aromatic heterocycles. The molecular formula is C39H25N7O2S. The van der Waals surface area contributed by atoms with E-state index >= 15 is 0 Å². The van der Waals surface area contributed by atoms with E-state index in [9.17, 15) is 4.79 Å². The lowest BCUT2D eigenvalue weighted by molar-refractivity contribution is 0.535. The molecule has 9 rings (SSSR count). The van der Waals surface area contributed by atoms with Crippen molar-refractivity contribution < 1.29 is 4.42 Å². The van der Waals surface area contributed by atoms with Crippen molar-refractivity contribution in [2.45, 2.75) is 0 Å². The van der Waals surface area contributed by atoms with E-state index in [0.717, 1.165) is 32.4 Å². The molecule has 0 unspecified atom stereocenters. The smallest absolute Gasteiger partial charge is 0.283 e. The highest BCUT2D eigenvalue weighted by molar-refractivity contribution is 7.21. The third-order valence-corrected chi connectivity index (χ3v) is 9.76. The van der Waals surface area contributed by atoms with Gasteiger partial charge < -0.3 is 15.9 Å². The lowest BCUT2D eigenvalue weighted by Gasteiger charge is -2.24. The van der Waals surface area contributed by atoms with Crippen LogP contribution in [0.2, 0.25) is 0 Å². The van der Waals surface area contributed by atoms with Gasteiger partial charge in [-0.05, 0) is 53.6 Å². The standard InChI is InChI=1S/C39H25N7O2S/c40-33-31-34(44-35(41)32(33)39-43-26-16-8-10-18-29(26)49-39)30-24(21-11-3-1-4-12-21)20-27(25-19-22-13-7-9-17-28(22)48-36(25)42)46(37(30)45-38(31)47)23-14-5-2-6-15-23/h1-20,42H,(H4,40,41,44). The molecule has 0 saturated heterocycles. The first-order valence-electron chi connectivity index (χ1n) is 15.5. The van der Waals surface area contributed by atoms with Crippen LogP contribution in [-0.2, 0) is 0 Å². The Morgan fingerprint density at radius 2 is 1.45 bits per heavy atom. The lowest BCUT2D eigenvalue weighted by atomic mass is 9.93. The Morgan fingerprint density at radius 1 is 0.735 bits per heavy atom. The van der Waals surface area contributed by atoms with Gasteiger partial charge in [0.1, 0.15) is 16.4 Å². The molecule has 0 spiro atoms. The molecule has 4 aromatic carbocycles. The zero-order chi connectivity index (χ0) is 33.2. The Bertz CT molecular complexity index is 2810. The zero-order valence-corrected chi connectivity index (χ0v) is 26.5. The van der Waals surface area contributed by atoms with Gasteiger partial charge in [-0.1, -0.05) is 78.9 Å². The number of thiazole rings is 1. The predicted octanol–water partition coefficient (Wildman–Crippen LogP) is 7.89. The van der Waals surface area contributed by atoms with Crippen molar-refractivity contribution in [1.29, 1.82) is 5.41 Å². The van der Waals surface area contributed by atoms with Crippen LogP contribution in [0.1, 0.15) is 0 Å². The summed E-state index contributed by atoms with van der Waals surface area (Å²) in [6.45, 7) is 0. The summed E-state index contributed by atoms with van der Waals surface area (Å²) in [6.07, 6.45) is 0. The third-order valence-electron chi connectivity index (χ3n) is 8.71. The van der Waals surface area contributed by atoms with E-state index in [2.05, 4.69) is 0 Å². The van der Waals surface area contributed by atoms with Crippen LogP contribution in [0.5, 0.6) is 0 Å². The van der Waals surface area contributed by atoms with Gasteiger partial charge in [0.2, 0.25) is 5.55 Å². The number of nitrogens with one attached hydrogen (secondary N) is 1. The fourth-order valence-corrected chi connectivity index (χ4v) is 7.52. The molecule has 0 fully saturated rings. The van der Waals surface area contributed by atoms with Gasteiger partial charge in [0, 0.05) is 11.1 Å². The highest BCUT2D eigenvalue weighted by Gasteiger charge is 2.29. The van der Waals surface area contributed by atoms with Crippen LogP contribution in [0.15, 0.2) is 131 Å². The van der Waals surface area contributed by atoms with Crippen LogP contribution < -0.4 is 22.6 Å². The first kappa shape index (κ1) is 28.6. The van der Waals surface area contributed by atoms with Crippen LogP contribution in [-0.4, -0.2) is 19.5 Å². The maximum Gasteiger partial charge on any atom is 0.283 e. The predicted molar refractivity (Wildman–Crippen MR) is 196 cm³/mol. The van der Waals surface area contributed by atoms with E-state index in [1.807, 2.05) is 126 Å². The minimum Gasteiger partial charge on any atom is -0.438 e. The number of pyridine rings is 3. The molecule has 2 aliphatic rings. The molecule has 2 aliphatic heterocycles. The number of nitrogens with zero attached hydrogens (tertiary/aromatic N) is 4. The summed E-state index contributed by atoms with van der Waals surface area (Å²) in [5, 5.41) is 10.6. The molecule has 0 aliphatic carbocycles. The largest absolute Gasteiger partial charge is 0.438 e. The summed E-state index contributed by atoms with van der Waals surface area (Å²) in [4.78, 5) is 28.7. The van der Waals surface area contributed by atoms with Crippen molar-refractivity contribution >= 4 is 54.9 Å². The third kappa shape index (κ3) is 4.49. The maximum atomic E-state index is 14.2. The van der Waals surface area contributed by atoms with E-state index in [1.165, 1.54) is 11.3 Å². The molecule has 234 valence electrons. The number of fused-ring (bicyclic) bond motifs is 5. The summed E-state index contributed by atoms with van der Waals surface area (Å²) in [7, 11) is 0. The highest BCUT2D eigenvalue weighted by Crippen LogP contribution is 2.45. The first-order valence-corrected chi connectivity index (χ1v) is 16.3. The number of anilines is 2. The minimum atomic E-state index is -0.551. The molecule has 9 nitrogen and oxygen atoms in total. The normalized spacial score (nSPS) is 11.6. The average Bonchev–Trinajstić information content (AvgIpc) is 3.55. The first-order chi connectivity index (χ1) is 24.0. The average molecular weight is 656 g/mol. The molecule has 10 heteroatoms. The second-order valence-electron chi connectivity index (χ2n) is 11.6. The molecule has 0 radical (unpaired) electrons. The lowest BCUT2D eigenvalue weighted by Crippen LogP contribution is -2.20. The van der Waals surface area contributed by atoms with Gasteiger partial charge in [0.15, 0.2) is 5.82 Å². The van der Waals surface area contributed by atoms with Gasteiger partial charge in [-0.3, -0.25) is 14.8 Å². The van der Waals surface area contributed by atoms with Crippen LogP contribution in [0, 0.1) is 5.41 Å². The van der Waals surface area contributed by atoms with E-state index in [1.54, 1.807) is 0 Å². The van der Waals surface area contributed by atoms with E-state index in [-0.39, 0.29) is 22.4 Å². The van der Waals surface area contributed by atoms with E-state index < -0.39 is 5.56 Å². The molecule has 0 saturated carbocycles. The maximum absolute atomic E-state index is 14.2. The number of hydrogen-bond acceptors (Lipinski definition) is 9. The molecular weight excluding hydrogens is 631 g/mol. The second-order valence-corrected chi connectivity index (χ2v) is 12.6. The van der Waals surface area contributed by atoms with Gasteiger partial charge in [0.05, 0.1) is 49.2 Å². The van der Waals surface area contributed by atoms with E-state index in [4.69, 9.17) is 36.2 Å². The van der Waals surface area contributed by atoms with Crippen LogP contribution in [0.4, 0.5) is 11.5 Å². The molecule has 49 heavy (non-hydrogen) atoms. The van der Waals surface area contributed by atoms with Gasteiger partial charge in [-0.25, -0.2) is 9.97 Å². The molecule has 0 bridgehead atoms. The number of para-hydroxylation sites is 3. The Morgan fingerprint density at radius 3 is 2.24 bits per heavy atom. The number of benzene rings is 4. The van der Waals surface area contributed by atoms with Crippen LogP contribution >= 0.6 is 11.3 Å². The highest BCUT2D eigenvalue weighted by atomic mass is 32.1. The quantitative estimate of drug-likeness (QED) is 0.163. The molecule has 0 amide bonds. The van der Waals surface area contributed by atoms with Gasteiger partial charge in [0.25, 0.3) is 5.56 Å². The Labute approximate surface area is 282 Å². The molecule has 0 atom stereocenters. The van der Waals surface area contributed by atoms with Gasteiger partial charge in [-0.2, -0.15) is 4.98 Å². The van der Waals surface area contributed by atoms with Crippen LogP contribution in [0.25, 0.3) is 82.1 Å². The minimum absolute atomic E-state index is 0.0306. The summed E-state index contributed by atoms with van der Waals surface area (Å²) < 4.78 is 8.85. The zero-order valence-electron chi connectivity index (χ0n) is 25.7. The monoisotopic (exact) mass is 655 g/mol. The number of nitrogens with two attached hydrogens (primary N) is 2. The summed E-state index contributed by atoms with van der Waals surface area (Å²) in [5.74, 6) is 0.499. The number of aromatic nitrogens is 4. The van der Waals surface area contributed by atoms with Crippen molar-refractivity contribution in [3.05, 3.63) is 137 Å². The number of nitrogen functional groups attached to an aromatic ring is 2. The summed E-state index contributed by atoms with van der Waals surface area (Å²) in [6, 6.07) is 38.6. The van der Waals surface area contributed by atoms with Crippen molar-refractivity contribution in [2.75, 3.05) is 11.5 Å². The second kappa shape index (κ2) is 11.0. The SMILES string of the molecule is N=c1oc2ccccc2cc1-c1cc(-c2ccccc2)c2c3nc(N)c(-c4nc5ccccc5s4)c(N)c3c(=O)nc-2n1-c1ccccc1. The number of hydrogen-bond donors (Lipinski definition) is 3. The van der Waals surface area contributed by atoms with Crippen molar-refractivity contribution in [3.8, 4) is 50.0 Å². The van der Waals surface area contributed by atoms with E-state index in [0.29, 0.717) is 44.3 Å². The number of rotatable bonds is 4. The van der Waals surface area contributed by atoms with Crippen molar-refractivity contribution in [3.63, 3.8) is 0 Å². The fourth-order valence-electron chi connectivity index (χ4n) is 6.49. The van der Waals surface area contributed by atoms with Gasteiger partial charge in [-0.15, -0.1) is 11.3 Å². The Balaban J connectivity index is 1.45. The topological polar surface area (TPSA) is 150 Å². The van der Waals surface area contributed by atoms with Crippen LogP contribution in [0.3, 0.4) is 0 Å². The fraction of sp³-hybridized carbons (Fsp3) is 0. The van der Waals surface area contributed by atoms with Crippen molar-refractivity contribution in [1.82, 2.24) is 19.5 Å². The van der Waals surface area contributed by atoms with Crippen molar-refractivity contribution in [2.24, 2.45) is 0 Å². The summed E-state index contributed by atoms with van der Waals surface area (Å²) >= 11 is 1.43. The summed E-state index contributed by atoms with van der Waals surface area (Å²) in [5.41, 5.74) is 19.4. The Kier molecular flexibility index (Phi) is 6.39. The molecule has 5 heterocycles.